The highest BCUT2D eigenvalue weighted by Crippen LogP contribution is 2.62. The fourth-order valence-electron chi connectivity index (χ4n) is 7.45. The number of aryl methyl sites for hydroxylation is 1. The molecular formula is C31H36N2. The standard InChI is InChI=1S/C31H36N2/c1-22-14-10-13-21-28(22)32-23(2)29-26-19-11-12-20-27(26)31(3,25-17-8-5-9-18-25)33(29)30(32)24-15-6-4-7-16-24/h4,6-7,10-16,19-21,23,25,29-30H,5,8-9,17-18H2,1-3H3/t23-,29?,30?,31?/m0/s1. The maximum absolute atomic E-state index is 2.93. The van der Waals surface area contributed by atoms with E-state index in [0.29, 0.717) is 18.0 Å². The zero-order valence-corrected chi connectivity index (χ0v) is 20.2. The number of hydrogen-bond acceptors (Lipinski definition) is 2. The van der Waals surface area contributed by atoms with Crippen molar-refractivity contribution in [2.24, 2.45) is 5.92 Å². The summed E-state index contributed by atoms with van der Waals surface area (Å²) < 4.78 is 0. The van der Waals surface area contributed by atoms with Crippen molar-refractivity contribution in [2.75, 3.05) is 4.90 Å². The third kappa shape index (κ3) is 3.03. The van der Waals surface area contributed by atoms with Crippen LogP contribution in [0.4, 0.5) is 5.69 Å². The lowest BCUT2D eigenvalue weighted by molar-refractivity contribution is 0.00404. The summed E-state index contributed by atoms with van der Waals surface area (Å²) in [6.07, 6.45) is 7.04. The van der Waals surface area contributed by atoms with Gasteiger partial charge in [0, 0.05) is 17.3 Å². The Hall–Kier alpha value is -2.58. The Morgan fingerprint density at radius 3 is 2.21 bits per heavy atom. The van der Waals surface area contributed by atoms with Crippen molar-refractivity contribution < 1.29 is 0 Å². The average molecular weight is 437 g/mol. The van der Waals surface area contributed by atoms with Crippen LogP contribution in [0, 0.1) is 12.8 Å². The molecule has 4 atom stereocenters. The number of anilines is 1. The predicted molar refractivity (Wildman–Crippen MR) is 137 cm³/mol. The van der Waals surface area contributed by atoms with Gasteiger partial charge >= 0.3 is 0 Å². The molecule has 0 amide bonds. The summed E-state index contributed by atoms with van der Waals surface area (Å²) in [5, 5.41) is 0. The summed E-state index contributed by atoms with van der Waals surface area (Å²) in [5.41, 5.74) is 7.32. The molecule has 3 aliphatic rings. The van der Waals surface area contributed by atoms with Crippen LogP contribution in [0.15, 0.2) is 78.9 Å². The van der Waals surface area contributed by atoms with Crippen LogP contribution in [0.1, 0.15) is 80.4 Å². The monoisotopic (exact) mass is 436 g/mol. The van der Waals surface area contributed by atoms with E-state index in [9.17, 15) is 0 Å². The zero-order chi connectivity index (χ0) is 22.6. The van der Waals surface area contributed by atoms with Gasteiger partial charge in [-0.2, -0.15) is 0 Å². The first kappa shape index (κ1) is 21.0. The van der Waals surface area contributed by atoms with Crippen LogP contribution < -0.4 is 4.90 Å². The van der Waals surface area contributed by atoms with E-state index in [1.807, 2.05) is 0 Å². The van der Waals surface area contributed by atoms with Crippen molar-refractivity contribution in [1.29, 1.82) is 0 Å². The summed E-state index contributed by atoms with van der Waals surface area (Å²) in [7, 11) is 0. The van der Waals surface area contributed by atoms with Gasteiger partial charge in [0.25, 0.3) is 0 Å². The van der Waals surface area contributed by atoms with Gasteiger partial charge in [-0.15, -0.1) is 0 Å². The fourth-order valence-corrected chi connectivity index (χ4v) is 7.45. The quantitative estimate of drug-likeness (QED) is 0.414. The van der Waals surface area contributed by atoms with Gasteiger partial charge in [0.1, 0.15) is 6.17 Å². The molecule has 2 fully saturated rings. The zero-order valence-electron chi connectivity index (χ0n) is 20.2. The van der Waals surface area contributed by atoms with Crippen LogP contribution >= 0.6 is 0 Å². The van der Waals surface area contributed by atoms with Gasteiger partial charge in [-0.3, -0.25) is 4.90 Å². The number of nitrogens with zero attached hydrogens (tertiary/aromatic N) is 2. The number of hydrogen-bond donors (Lipinski definition) is 0. The minimum atomic E-state index is 0.0495. The summed E-state index contributed by atoms with van der Waals surface area (Å²) in [6.45, 7) is 7.30. The molecule has 2 heterocycles. The van der Waals surface area contributed by atoms with Crippen molar-refractivity contribution in [1.82, 2.24) is 4.90 Å². The molecule has 3 aromatic carbocycles. The first-order chi connectivity index (χ1) is 16.1. The highest BCUT2D eigenvalue weighted by atomic mass is 15.5. The number of rotatable bonds is 3. The van der Waals surface area contributed by atoms with E-state index in [2.05, 4.69) is 109 Å². The lowest BCUT2D eigenvalue weighted by Crippen LogP contribution is -2.48. The molecule has 0 radical (unpaired) electrons. The van der Waals surface area contributed by atoms with E-state index in [-0.39, 0.29) is 11.7 Å². The lowest BCUT2D eigenvalue weighted by atomic mass is 9.71. The van der Waals surface area contributed by atoms with E-state index >= 15 is 0 Å². The molecule has 1 aliphatic carbocycles. The Balaban J connectivity index is 1.59. The minimum absolute atomic E-state index is 0.0495. The molecule has 0 spiro atoms. The molecule has 0 N–H and O–H groups in total. The Bertz CT molecular complexity index is 1130. The maximum atomic E-state index is 2.93. The molecule has 0 aromatic heterocycles. The molecule has 1 saturated carbocycles. The molecule has 6 rings (SSSR count). The van der Waals surface area contributed by atoms with Crippen LogP contribution in [0.2, 0.25) is 0 Å². The van der Waals surface area contributed by atoms with Crippen molar-refractivity contribution in [3.63, 3.8) is 0 Å². The van der Waals surface area contributed by atoms with Crippen LogP contribution in [-0.4, -0.2) is 10.9 Å². The molecule has 2 nitrogen and oxygen atoms in total. The molecule has 3 unspecified atom stereocenters. The summed E-state index contributed by atoms with van der Waals surface area (Å²) in [6, 6.07) is 30.4. The second-order valence-electron chi connectivity index (χ2n) is 10.6. The Morgan fingerprint density at radius 2 is 1.45 bits per heavy atom. The van der Waals surface area contributed by atoms with Crippen LogP contribution in [-0.2, 0) is 5.54 Å². The van der Waals surface area contributed by atoms with Gasteiger partial charge in [0.05, 0.1) is 6.04 Å². The molecule has 3 aromatic rings. The Kier molecular flexibility index (Phi) is 5.10. The highest BCUT2D eigenvalue weighted by molar-refractivity contribution is 5.60. The average Bonchev–Trinajstić information content (AvgIpc) is 3.32. The van der Waals surface area contributed by atoms with Gasteiger partial charge < -0.3 is 4.90 Å². The van der Waals surface area contributed by atoms with Crippen molar-refractivity contribution in [2.45, 2.75) is 76.7 Å². The van der Waals surface area contributed by atoms with Crippen molar-refractivity contribution >= 4 is 5.69 Å². The van der Waals surface area contributed by atoms with Crippen LogP contribution in [0.5, 0.6) is 0 Å². The van der Waals surface area contributed by atoms with Gasteiger partial charge in [0.15, 0.2) is 0 Å². The molecular weight excluding hydrogens is 400 g/mol. The smallest absolute Gasteiger partial charge is 0.110 e. The molecule has 170 valence electrons. The lowest BCUT2D eigenvalue weighted by Gasteiger charge is -2.48. The van der Waals surface area contributed by atoms with Gasteiger partial charge in [-0.05, 0) is 67.9 Å². The fraction of sp³-hybridized carbons (Fsp3) is 0.419. The largest absolute Gasteiger partial charge is 0.347 e. The predicted octanol–water partition coefficient (Wildman–Crippen LogP) is 7.75. The number of para-hydroxylation sites is 1. The molecule has 0 bridgehead atoms. The van der Waals surface area contributed by atoms with E-state index in [0.717, 1.165) is 0 Å². The van der Waals surface area contributed by atoms with Crippen LogP contribution in [0.25, 0.3) is 0 Å². The second-order valence-corrected chi connectivity index (χ2v) is 10.6. The molecule has 2 aliphatic heterocycles. The molecule has 1 saturated heterocycles. The van der Waals surface area contributed by atoms with E-state index < -0.39 is 0 Å². The first-order valence-electron chi connectivity index (χ1n) is 12.9. The van der Waals surface area contributed by atoms with Crippen molar-refractivity contribution in [3.8, 4) is 0 Å². The van der Waals surface area contributed by atoms with Gasteiger partial charge in [-0.1, -0.05) is 92.1 Å². The van der Waals surface area contributed by atoms with E-state index in [4.69, 9.17) is 0 Å². The van der Waals surface area contributed by atoms with Crippen LogP contribution in [0.3, 0.4) is 0 Å². The summed E-state index contributed by atoms with van der Waals surface area (Å²) in [5.74, 6) is 0.702. The Labute approximate surface area is 199 Å². The maximum Gasteiger partial charge on any atom is 0.110 e. The molecule has 2 heteroatoms. The third-order valence-corrected chi connectivity index (χ3v) is 8.97. The van der Waals surface area contributed by atoms with E-state index in [1.165, 1.54) is 48.9 Å². The third-order valence-electron chi connectivity index (χ3n) is 8.97. The Morgan fingerprint density at radius 1 is 0.788 bits per heavy atom. The second kappa shape index (κ2) is 8.02. The number of fused-ring (bicyclic) bond motifs is 3. The normalized spacial score (nSPS) is 29.8. The highest BCUT2D eigenvalue weighted by Gasteiger charge is 2.61. The number of benzene rings is 3. The van der Waals surface area contributed by atoms with Crippen molar-refractivity contribution in [3.05, 3.63) is 101 Å². The summed E-state index contributed by atoms with van der Waals surface area (Å²) >= 11 is 0. The minimum Gasteiger partial charge on any atom is -0.347 e. The van der Waals surface area contributed by atoms with Gasteiger partial charge in [-0.25, -0.2) is 0 Å². The van der Waals surface area contributed by atoms with Gasteiger partial charge in [0.2, 0.25) is 0 Å². The molecule has 33 heavy (non-hydrogen) atoms. The SMILES string of the molecule is Cc1ccccc1N1C(c2ccccc2)N2C(c3ccccc3C2(C)C2CCCCC2)[C@@H]1C. The van der Waals surface area contributed by atoms with E-state index in [1.54, 1.807) is 11.1 Å². The first-order valence-corrected chi connectivity index (χ1v) is 12.9. The summed E-state index contributed by atoms with van der Waals surface area (Å²) in [4.78, 5) is 5.66. The topological polar surface area (TPSA) is 6.48 Å².